The molecule has 7 heteroatoms. The molecule has 0 bridgehead atoms. The molecule has 31 heavy (non-hydrogen) atoms. The van der Waals surface area contributed by atoms with Gasteiger partial charge in [0.1, 0.15) is 6.67 Å². The molecule has 1 unspecified atom stereocenters. The number of aromatic nitrogens is 2. The van der Waals surface area contributed by atoms with Crippen molar-refractivity contribution in [2.45, 2.75) is 12.3 Å². The minimum atomic E-state index is -0.296. The van der Waals surface area contributed by atoms with E-state index in [1.807, 2.05) is 42.5 Å². The number of amides is 2. The molecule has 3 N–H and O–H groups in total. The predicted octanol–water partition coefficient (Wildman–Crippen LogP) is 4.28. The standard InChI is InChI=1S/C24H23N5O2/c30-24(27-21-10-6-11-22-20(21)14-26-28-22)25-16-29-15-18(13-17-7-2-1-3-8-17)19-9-4-5-12-23(19)31-29/h1-12,14,18H,13,15-16H2,(H,26,28)(H2,25,27,30). The van der Waals surface area contributed by atoms with Gasteiger partial charge < -0.3 is 15.5 Å². The fourth-order valence-electron chi connectivity index (χ4n) is 4.00. The van der Waals surface area contributed by atoms with Crippen LogP contribution in [0, 0.1) is 0 Å². The van der Waals surface area contributed by atoms with Gasteiger partial charge in [0.05, 0.1) is 17.4 Å². The lowest BCUT2D eigenvalue weighted by atomic mass is 9.90. The summed E-state index contributed by atoms with van der Waals surface area (Å²) in [4.78, 5) is 18.5. The van der Waals surface area contributed by atoms with E-state index in [2.05, 4.69) is 51.2 Å². The monoisotopic (exact) mass is 413 g/mol. The van der Waals surface area contributed by atoms with Crippen molar-refractivity contribution < 1.29 is 9.63 Å². The third-order valence-electron chi connectivity index (χ3n) is 5.48. The van der Waals surface area contributed by atoms with Gasteiger partial charge in [-0.05, 0) is 30.2 Å². The van der Waals surface area contributed by atoms with Crippen LogP contribution in [-0.4, -0.2) is 34.5 Å². The molecule has 0 fully saturated rings. The predicted molar refractivity (Wildman–Crippen MR) is 120 cm³/mol. The van der Waals surface area contributed by atoms with Crippen molar-refractivity contribution in [3.63, 3.8) is 0 Å². The number of nitrogens with zero attached hydrogens (tertiary/aromatic N) is 2. The Balaban J connectivity index is 1.25. The number of carbonyl (C=O) groups excluding carboxylic acids is 1. The number of anilines is 1. The summed E-state index contributed by atoms with van der Waals surface area (Å²) >= 11 is 0. The molecule has 7 nitrogen and oxygen atoms in total. The van der Waals surface area contributed by atoms with Crippen molar-refractivity contribution in [2.75, 3.05) is 18.5 Å². The van der Waals surface area contributed by atoms with Crippen LogP contribution in [0.2, 0.25) is 0 Å². The van der Waals surface area contributed by atoms with Gasteiger partial charge in [0, 0.05) is 23.4 Å². The van der Waals surface area contributed by atoms with E-state index in [-0.39, 0.29) is 18.6 Å². The Morgan fingerprint density at radius 3 is 2.81 bits per heavy atom. The second kappa shape index (κ2) is 8.49. The SMILES string of the molecule is O=C(NCN1CC(Cc2ccccc2)c2ccccc2O1)Nc1cccc2[nH]ncc12. The fourth-order valence-corrected chi connectivity index (χ4v) is 4.00. The van der Waals surface area contributed by atoms with Crippen LogP contribution >= 0.6 is 0 Å². The Bertz CT molecular complexity index is 1190. The highest BCUT2D eigenvalue weighted by atomic mass is 16.7. The van der Waals surface area contributed by atoms with Crippen molar-refractivity contribution in [1.82, 2.24) is 20.6 Å². The van der Waals surface area contributed by atoms with Crippen molar-refractivity contribution in [3.05, 3.63) is 90.1 Å². The zero-order valence-electron chi connectivity index (χ0n) is 16.9. The van der Waals surface area contributed by atoms with E-state index < -0.39 is 0 Å². The van der Waals surface area contributed by atoms with Gasteiger partial charge in [-0.1, -0.05) is 54.6 Å². The molecule has 0 saturated carbocycles. The first-order valence-corrected chi connectivity index (χ1v) is 10.3. The summed E-state index contributed by atoms with van der Waals surface area (Å²) in [5.74, 6) is 1.11. The third kappa shape index (κ3) is 4.22. The molecule has 1 aliphatic rings. The molecule has 1 aliphatic heterocycles. The first-order valence-electron chi connectivity index (χ1n) is 10.3. The quantitative estimate of drug-likeness (QED) is 0.456. The topological polar surface area (TPSA) is 82.3 Å². The van der Waals surface area contributed by atoms with Gasteiger partial charge in [-0.2, -0.15) is 5.10 Å². The van der Waals surface area contributed by atoms with Crippen LogP contribution < -0.4 is 15.5 Å². The molecule has 1 atom stereocenters. The van der Waals surface area contributed by atoms with Gasteiger partial charge in [0.2, 0.25) is 0 Å². The van der Waals surface area contributed by atoms with Crippen molar-refractivity contribution >= 4 is 22.6 Å². The molecule has 3 aromatic carbocycles. The average molecular weight is 413 g/mol. The summed E-state index contributed by atoms with van der Waals surface area (Å²) in [6, 6.07) is 23.9. The lowest BCUT2D eigenvalue weighted by Crippen LogP contribution is -2.45. The minimum absolute atomic E-state index is 0.271. The number of aromatic amines is 1. The number of urea groups is 1. The van der Waals surface area contributed by atoms with Crippen LogP contribution in [0.5, 0.6) is 5.75 Å². The zero-order chi connectivity index (χ0) is 21.0. The van der Waals surface area contributed by atoms with Crippen molar-refractivity contribution in [3.8, 4) is 5.75 Å². The number of para-hydroxylation sites is 1. The third-order valence-corrected chi connectivity index (χ3v) is 5.48. The van der Waals surface area contributed by atoms with E-state index in [0.29, 0.717) is 12.2 Å². The molecule has 0 saturated heterocycles. The first kappa shape index (κ1) is 19.1. The maximum atomic E-state index is 12.5. The highest BCUT2D eigenvalue weighted by Gasteiger charge is 2.27. The maximum Gasteiger partial charge on any atom is 0.320 e. The number of fused-ring (bicyclic) bond motifs is 2. The Labute approximate surface area is 180 Å². The number of H-pyrrole nitrogens is 1. The number of hydrogen-bond acceptors (Lipinski definition) is 4. The Morgan fingerprint density at radius 2 is 1.90 bits per heavy atom. The van der Waals surface area contributed by atoms with Crippen molar-refractivity contribution in [1.29, 1.82) is 0 Å². The highest BCUT2D eigenvalue weighted by Crippen LogP contribution is 2.34. The molecular weight excluding hydrogens is 390 g/mol. The summed E-state index contributed by atoms with van der Waals surface area (Å²) in [6.07, 6.45) is 2.61. The van der Waals surface area contributed by atoms with Crippen LogP contribution in [0.15, 0.2) is 79.0 Å². The van der Waals surface area contributed by atoms with E-state index in [4.69, 9.17) is 4.84 Å². The number of nitrogens with one attached hydrogen (secondary N) is 3. The normalized spacial score (nSPS) is 15.8. The summed E-state index contributed by atoms with van der Waals surface area (Å²) in [5, 5.41) is 15.4. The lowest BCUT2D eigenvalue weighted by Gasteiger charge is -2.34. The van der Waals surface area contributed by atoms with Crippen LogP contribution in [-0.2, 0) is 6.42 Å². The number of rotatable bonds is 5. The first-order chi connectivity index (χ1) is 15.3. The molecule has 156 valence electrons. The van der Waals surface area contributed by atoms with Crippen molar-refractivity contribution in [2.24, 2.45) is 0 Å². The molecule has 4 aromatic rings. The van der Waals surface area contributed by atoms with E-state index >= 15 is 0 Å². The van der Waals surface area contributed by atoms with Gasteiger partial charge in [-0.3, -0.25) is 5.10 Å². The van der Waals surface area contributed by atoms with Gasteiger partial charge in [-0.15, -0.1) is 5.06 Å². The lowest BCUT2D eigenvalue weighted by molar-refractivity contribution is -0.0795. The Hall–Kier alpha value is -3.84. The Morgan fingerprint density at radius 1 is 1.06 bits per heavy atom. The molecule has 0 spiro atoms. The van der Waals surface area contributed by atoms with E-state index in [1.54, 1.807) is 11.3 Å². The van der Waals surface area contributed by atoms with Gasteiger partial charge in [0.25, 0.3) is 0 Å². The summed E-state index contributed by atoms with van der Waals surface area (Å²) in [7, 11) is 0. The molecule has 5 rings (SSSR count). The summed E-state index contributed by atoms with van der Waals surface area (Å²) < 4.78 is 0. The molecule has 2 amide bonds. The van der Waals surface area contributed by atoms with Gasteiger partial charge in [0.15, 0.2) is 5.75 Å². The summed E-state index contributed by atoms with van der Waals surface area (Å²) in [6.45, 7) is 0.955. The molecule has 0 aliphatic carbocycles. The van der Waals surface area contributed by atoms with Crippen LogP contribution in [0.1, 0.15) is 17.0 Å². The largest absolute Gasteiger partial charge is 0.404 e. The molecule has 2 heterocycles. The fraction of sp³-hybridized carbons (Fsp3) is 0.167. The van der Waals surface area contributed by atoms with Gasteiger partial charge in [-0.25, -0.2) is 4.79 Å². The zero-order valence-corrected chi connectivity index (χ0v) is 16.9. The van der Waals surface area contributed by atoms with E-state index in [1.165, 1.54) is 11.1 Å². The second-order valence-electron chi connectivity index (χ2n) is 7.61. The van der Waals surface area contributed by atoms with Crippen LogP contribution in [0.3, 0.4) is 0 Å². The Kier molecular flexibility index (Phi) is 5.24. The summed E-state index contributed by atoms with van der Waals surface area (Å²) in [5.41, 5.74) is 4.05. The molecular formula is C24H23N5O2. The van der Waals surface area contributed by atoms with E-state index in [0.717, 1.165) is 23.1 Å². The van der Waals surface area contributed by atoms with E-state index in [9.17, 15) is 4.79 Å². The number of carbonyl (C=O) groups is 1. The highest BCUT2D eigenvalue weighted by molar-refractivity contribution is 6.00. The molecule has 0 radical (unpaired) electrons. The minimum Gasteiger partial charge on any atom is -0.404 e. The average Bonchev–Trinajstić information content (AvgIpc) is 3.28. The second-order valence-corrected chi connectivity index (χ2v) is 7.61. The number of benzene rings is 3. The number of hydroxylamine groups is 2. The maximum absolute atomic E-state index is 12.5. The molecule has 1 aromatic heterocycles. The smallest absolute Gasteiger partial charge is 0.320 e. The van der Waals surface area contributed by atoms with Crippen LogP contribution in [0.4, 0.5) is 10.5 Å². The van der Waals surface area contributed by atoms with Gasteiger partial charge >= 0.3 is 6.03 Å². The van der Waals surface area contributed by atoms with Crippen LogP contribution in [0.25, 0.3) is 10.9 Å². The number of hydrogen-bond donors (Lipinski definition) is 3.